The van der Waals surface area contributed by atoms with Crippen LogP contribution in [0.5, 0.6) is 0 Å². The number of amides is 1. The van der Waals surface area contributed by atoms with E-state index in [2.05, 4.69) is 10.4 Å². The second-order valence-electron chi connectivity index (χ2n) is 6.99. The maximum Gasteiger partial charge on any atom is 0.318 e. The number of carbonyl (C=O) groups excluding carboxylic acids is 2. The van der Waals surface area contributed by atoms with E-state index in [-0.39, 0.29) is 0 Å². The van der Waals surface area contributed by atoms with Crippen molar-refractivity contribution in [3.8, 4) is 0 Å². The second-order valence-corrected chi connectivity index (χ2v) is 6.99. The highest BCUT2D eigenvalue weighted by Gasteiger charge is 2.28. The third-order valence-corrected chi connectivity index (χ3v) is 4.92. The lowest BCUT2D eigenvalue weighted by Gasteiger charge is -2.20. The van der Waals surface area contributed by atoms with Crippen LogP contribution in [0.15, 0.2) is 60.7 Å². The maximum absolute atomic E-state index is 13.0. The van der Waals surface area contributed by atoms with Gasteiger partial charge in [-0.1, -0.05) is 60.7 Å². The molecule has 1 aromatic heterocycles. The summed E-state index contributed by atoms with van der Waals surface area (Å²) >= 11 is 0. The molecule has 0 bridgehead atoms. The third kappa shape index (κ3) is 4.54. The van der Waals surface area contributed by atoms with Gasteiger partial charge in [-0.15, -0.1) is 0 Å². The molecule has 0 saturated carbocycles. The van der Waals surface area contributed by atoms with Crippen LogP contribution in [0.25, 0.3) is 0 Å². The van der Waals surface area contributed by atoms with Gasteiger partial charge < -0.3 is 10.1 Å². The molecule has 1 amide bonds. The SMILES string of the molecule is Cc1nn(C)c(C)c1NC(=O)[C@@H](C)OC(=O)C(c1ccccc1)c1ccccc1. The minimum atomic E-state index is -0.948. The zero-order valence-corrected chi connectivity index (χ0v) is 17.0. The van der Waals surface area contributed by atoms with Gasteiger partial charge in [-0.05, 0) is 31.9 Å². The molecule has 0 fully saturated rings. The average Bonchev–Trinajstić information content (AvgIpc) is 2.95. The predicted octanol–water partition coefficient (Wildman–Crippen LogP) is 3.74. The Balaban J connectivity index is 1.78. The number of nitrogens with one attached hydrogen (secondary N) is 1. The number of esters is 1. The van der Waals surface area contributed by atoms with Gasteiger partial charge in [0.15, 0.2) is 6.10 Å². The summed E-state index contributed by atoms with van der Waals surface area (Å²) < 4.78 is 7.26. The van der Waals surface area contributed by atoms with Gasteiger partial charge in [-0.25, -0.2) is 0 Å². The van der Waals surface area contributed by atoms with Gasteiger partial charge >= 0.3 is 5.97 Å². The molecule has 0 unspecified atom stereocenters. The van der Waals surface area contributed by atoms with E-state index < -0.39 is 23.9 Å². The predicted molar refractivity (Wildman–Crippen MR) is 112 cm³/mol. The lowest BCUT2D eigenvalue weighted by atomic mass is 9.91. The molecule has 150 valence electrons. The Labute approximate surface area is 170 Å². The van der Waals surface area contributed by atoms with Crippen LogP contribution >= 0.6 is 0 Å². The number of rotatable bonds is 6. The quantitative estimate of drug-likeness (QED) is 0.650. The van der Waals surface area contributed by atoms with E-state index in [0.29, 0.717) is 11.4 Å². The van der Waals surface area contributed by atoms with Gasteiger partial charge in [0.1, 0.15) is 5.92 Å². The van der Waals surface area contributed by atoms with E-state index in [1.54, 1.807) is 11.6 Å². The molecule has 0 aliphatic carbocycles. The molecule has 0 aliphatic rings. The first kappa shape index (κ1) is 20.3. The topological polar surface area (TPSA) is 73.2 Å². The average molecular weight is 391 g/mol. The Morgan fingerprint density at radius 1 is 0.966 bits per heavy atom. The van der Waals surface area contributed by atoms with Gasteiger partial charge in [0, 0.05) is 7.05 Å². The summed E-state index contributed by atoms with van der Waals surface area (Å²) in [6.45, 7) is 5.26. The van der Waals surface area contributed by atoms with Crippen LogP contribution in [0.1, 0.15) is 35.4 Å². The maximum atomic E-state index is 13.0. The number of ether oxygens (including phenoxy) is 1. The molecule has 2 aromatic carbocycles. The van der Waals surface area contributed by atoms with Crippen molar-refractivity contribution in [3.63, 3.8) is 0 Å². The van der Waals surface area contributed by atoms with Gasteiger partial charge in [0.25, 0.3) is 5.91 Å². The number of nitrogens with zero attached hydrogens (tertiary/aromatic N) is 2. The molecule has 6 heteroatoms. The van der Waals surface area contributed by atoms with Crippen LogP contribution in [-0.2, 0) is 21.4 Å². The molecular formula is C23H25N3O3. The summed E-state index contributed by atoms with van der Waals surface area (Å²) in [6.07, 6.45) is -0.948. The van der Waals surface area contributed by atoms with E-state index in [1.165, 1.54) is 0 Å². The molecule has 0 radical (unpaired) electrons. The van der Waals surface area contributed by atoms with Crippen LogP contribution in [0.4, 0.5) is 5.69 Å². The largest absolute Gasteiger partial charge is 0.452 e. The Kier molecular flexibility index (Phi) is 6.12. The summed E-state index contributed by atoms with van der Waals surface area (Å²) in [6, 6.07) is 18.8. The van der Waals surface area contributed by atoms with Crippen LogP contribution in [-0.4, -0.2) is 27.8 Å². The van der Waals surface area contributed by atoms with Crippen molar-refractivity contribution in [2.75, 3.05) is 5.32 Å². The van der Waals surface area contributed by atoms with Crippen molar-refractivity contribution in [2.24, 2.45) is 7.05 Å². The number of hydrogen-bond acceptors (Lipinski definition) is 4. The van der Waals surface area contributed by atoms with Crippen molar-refractivity contribution in [1.82, 2.24) is 9.78 Å². The molecule has 0 saturated heterocycles. The molecule has 3 rings (SSSR count). The number of aryl methyl sites for hydroxylation is 2. The lowest BCUT2D eigenvalue weighted by molar-refractivity contribution is -0.153. The first-order valence-corrected chi connectivity index (χ1v) is 9.50. The highest BCUT2D eigenvalue weighted by atomic mass is 16.5. The molecule has 1 heterocycles. The normalized spacial score (nSPS) is 11.9. The van der Waals surface area contributed by atoms with Crippen LogP contribution in [0.2, 0.25) is 0 Å². The summed E-state index contributed by atoms with van der Waals surface area (Å²) in [5.41, 5.74) is 3.82. The van der Waals surface area contributed by atoms with Crippen molar-refractivity contribution in [1.29, 1.82) is 0 Å². The van der Waals surface area contributed by atoms with Crippen LogP contribution < -0.4 is 5.32 Å². The fourth-order valence-electron chi connectivity index (χ4n) is 3.23. The minimum Gasteiger partial charge on any atom is -0.452 e. The standard InChI is InChI=1S/C23H25N3O3/c1-15-21(16(2)26(4)25-15)24-22(27)17(3)29-23(28)20(18-11-7-5-8-12-18)19-13-9-6-10-14-19/h5-14,17,20H,1-4H3,(H,24,27)/t17-/m1/s1. The monoisotopic (exact) mass is 391 g/mol. The fourth-order valence-corrected chi connectivity index (χ4v) is 3.23. The molecular weight excluding hydrogens is 366 g/mol. The van der Waals surface area contributed by atoms with Crippen LogP contribution in [0, 0.1) is 13.8 Å². The number of hydrogen-bond donors (Lipinski definition) is 1. The van der Waals surface area contributed by atoms with Gasteiger partial charge in [-0.3, -0.25) is 14.3 Å². The van der Waals surface area contributed by atoms with Crippen molar-refractivity contribution in [2.45, 2.75) is 32.8 Å². The first-order chi connectivity index (χ1) is 13.9. The molecule has 1 atom stereocenters. The first-order valence-electron chi connectivity index (χ1n) is 9.50. The molecule has 3 aromatic rings. The number of anilines is 1. The third-order valence-electron chi connectivity index (χ3n) is 4.92. The smallest absolute Gasteiger partial charge is 0.318 e. The van der Waals surface area contributed by atoms with E-state index in [1.807, 2.05) is 81.6 Å². The van der Waals surface area contributed by atoms with Crippen molar-refractivity contribution >= 4 is 17.6 Å². The van der Waals surface area contributed by atoms with Crippen molar-refractivity contribution in [3.05, 3.63) is 83.2 Å². The Hall–Kier alpha value is -3.41. The summed E-state index contributed by atoms with van der Waals surface area (Å²) in [5.74, 6) is -1.46. The van der Waals surface area contributed by atoms with Crippen LogP contribution in [0.3, 0.4) is 0 Å². The summed E-state index contributed by atoms with van der Waals surface area (Å²) in [7, 11) is 1.81. The molecule has 0 spiro atoms. The zero-order valence-electron chi connectivity index (χ0n) is 17.0. The minimum absolute atomic E-state index is 0.391. The highest BCUT2D eigenvalue weighted by Crippen LogP contribution is 2.27. The van der Waals surface area contributed by atoms with Gasteiger partial charge in [0.2, 0.25) is 0 Å². The summed E-state index contributed by atoms with van der Waals surface area (Å²) in [4.78, 5) is 25.7. The number of benzene rings is 2. The fraction of sp³-hybridized carbons (Fsp3) is 0.261. The molecule has 6 nitrogen and oxygen atoms in total. The summed E-state index contributed by atoms with van der Waals surface area (Å²) in [5, 5.41) is 7.11. The molecule has 29 heavy (non-hydrogen) atoms. The number of aromatic nitrogens is 2. The van der Waals surface area contributed by atoms with Crippen molar-refractivity contribution < 1.29 is 14.3 Å². The Bertz CT molecular complexity index is 957. The van der Waals surface area contributed by atoms with E-state index in [9.17, 15) is 9.59 Å². The molecule has 1 N–H and O–H groups in total. The molecule has 0 aliphatic heterocycles. The van der Waals surface area contributed by atoms with E-state index in [0.717, 1.165) is 16.8 Å². The van der Waals surface area contributed by atoms with E-state index in [4.69, 9.17) is 4.74 Å². The van der Waals surface area contributed by atoms with Gasteiger partial charge in [-0.2, -0.15) is 5.10 Å². The lowest BCUT2D eigenvalue weighted by Crippen LogP contribution is -2.32. The Morgan fingerprint density at radius 2 is 1.48 bits per heavy atom. The van der Waals surface area contributed by atoms with Gasteiger partial charge in [0.05, 0.1) is 17.1 Å². The zero-order chi connectivity index (χ0) is 21.0. The second kappa shape index (κ2) is 8.73. The Morgan fingerprint density at radius 3 is 1.93 bits per heavy atom. The number of carbonyl (C=O) groups is 2. The highest BCUT2D eigenvalue weighted by molar-refractivity contribution is 5.96. The van der Waals surface area contributed by atoms with E-state index >= 15 is 0 Å².